The van der Waals surface area contributed by atoms with Crippen molar-refractivity contribution >= 4 is 60.0 Å². The van der Waals surface area contributed by atoms with Crippen LogP contribution in [0.15, 0.2) is 21.1 Å². The van der Waals surface area contributed by atoms with Gasteiger partial charge in [-0.25, -0.2) is 0 Å². The summed E-state index contributed by atoms with van der Waals surface area (Å²) in [5.41, 5.74) is 7.63. The quantitative estimate of drug-likeness (QED) is 0.623. The minimum Gasteiger partial charge on any atom is -0.482 e. The molecule has 0 aliphatic rings. The first kappa shape index (κ1) is 19.9. The van der Waals surface area contributed by atoms with Crippen molar-refractivity contribution in [2.24, 2.45) is 5.73 Å². The van der Waals surface area contributed by atoms with E-state index in [0.717, 1.165) is 24.9 Å². The number of hydrogen-bond acceptors (Lipinski definition) is 4. The first-order valence-electron chi connectivity index (χ1n) is 7.54. The van der Waals surface area contributed by atoms with Crippen molar-refractivity contribution in [2.75, 3.05) is 11.9 Å². The fourth-order valence-corrected chi connectivity index (χ4v) is 5.25. The Hall–Kier alpha value is -1.38. The molecule has 134 valence electrons. The van der Waals surface area contributed by atoms with Crippen molar-refractivity contribution in [3.05, 3.63) is 42.6 Å². The summed E-state index contributed by atoms with van der Waals surface area (Å²) in [5.74, 6) is -0.283. The van der Waals surface area contributed by atoms with Crippen LogP contribution in [-0.2, 0) is 11.2 Å². The van der Waals surface area contributed by atoms with E-state index in [9.17, 15) is 9.59 Å². The highest BCUT2D eigenvalue weighted by Gasteiger charge is 2.20. The summed E-state index contributed by atoms with van der Waals surface area (Å²) < 4.78 is 7.30. The van der Waals surface area contributed by atoms with Crippen LogP contribution in [0.3, 0.4) is 0 Å². The lowest BCUT2D eigenvalue weighted by atomic mass is 10.1. The van der Waals surface area contributed by atoms with Gasteiger partial charge in [-0.15, -0.1) is 11.3 Å². The molecule has 1 aromatic carbocycles. The molecule has 3 N–H and O–H groups in total. The van der Waals surface area contributed by atoms with Crippen LogP contribution in [0, 0.1) is 13.8 Å². The predicted molar refractivity (Wildman–Crippen MR) is 108 cm³/mol. The van der Waals surface area contributed by atoms with Gasteiger partial charge in [0, 0.05) is 9.35 Å². The number of halogens is 2. The summed E-state index contributed by atoms with van der Waals surface area (Å²) in [6.07, 6.45) is 0.679. The Kier molecular flexibility index (Phi) is 6.65. The molecule has 0 radical (unpaired) electrons. The molecule has 5 nitrogen and oxygen atoms in total. The topological polar surface area (TPSA) is 81.4 Å². The number of nitrogens with one attached hydrogen (secondary N) is 1. The number of benzene rings is 1. The Labute approximate surface area is 167 Å². The number of primary amides is 1. The third-order valence-electron chi connectivity index (χ3n) is 3.60. The zero-order chi connectivity index (χ0) is 18.7. The molecule has 8 heteroatoms. The Balaban J connectivity index is 2.13. The number of nitrogens with two attached hydrogens (primary N) is 1. The summed E-state index contributed by atoms with van der Waals surface area (Å²) >= 11 is 8.17. The van der Waals surface area contributed by atoms with Crippen LogP contribution in [0.25, 0.3) is 0 Å². The third kappa shape index (κ3) is 4.62. The highest BCUT2D eigenvalue weighted by atomic mass is 79.9. The van der Waals surface area contributed by atoms with Crippen LogP contribution in [0.1, 0.15) is 33.3 Å². The van der Waals surface area contributed by atoms with E-state index in [4.69, 9.17) is 10.5 Å². The largest absolute Gasteiger partial charge is 0.482 e. The first-order chi connectivity index (χ1) is 11.7. The maximum Gasteiger partial charge on any atom is 0.262 e. The molecular weight excluding hydrogens is 472 g/mol. The predicted octanol–water partition coefficient (Wildman–Crippen LogP) is 4.57. The summed E-state index contributed by atoms with van der Waals surface area (Å²) in [4.78, 5) is 25.0. The van der Waals surface area contributed by atoms with Gasteiger partial charge in [0.15, 0.2) is 6.61 Å². The zero-order valence-corrected chi connectivity index (χ0v) is 18.0. The highest BCUT2D eigenvalue weighted by molar-refractivity contribution is 9.11. The number of anilines is 1. The number of ether oxygens (including phenoxy) is 1. The molecule has 2 aromatic rings. The molecule has 0 unspecified atom stereocenters. The van der Waals surface area contributed by atoms with Crippen LogP contribution in [-0.4, -0.2) is 18.4 Å². The standard InChI is InChI=1S/C17H18Br2N2O3S/c1-4-11-9(3)25-17(14(11)16(20)23)21-13(22)7-24-15-8(2)5-10(18)6-12(15)19/h5-6H,4,7H2,1-3H3,(H2,20,23)(H,21,22). The number of aryl methyl sites for hydroxylation is 2. The van der Waals surface area contributed by atoms with E-state index in [-0.39, 0.29) is 12.5 Å². The molecule has 0 atom stereocenters. The normalized spacial score (nSPS) is 10.6. The summed E-state index contributed by atoms with van der Waals surface area (Å²) in [6, 6.07) is 3.75. The van der Waals surface area contributed by atoms with Crippen molar-refractivity contribution in [3.63, 3.8) is 0 Å². The minimum atomic E-state index is -0.538. The molecule has 0 saturated carbocycles. The minimum absolute atomic E-state index is 0.169. The molecule has 2 amide bonds. The molecule has 0 aliphatic heterocycles. The monoisotopic (exact) mass is 488 g/mol. The molecule has 1 heterocycles. The second kappa shape index (κ2) is 8.33. The van der Waals surface area contributed by atoms with Gasteiger partial charge >= 0.3 is 0 Å². The van der Waals surface area contributed by atoms with Crippen molar-refractivity contribution < 1.29 is 14.3 Å². The summed E-state index contributed by atoms with van der Waals surface area (Å²) in [6.45, 7) is 5.58. The molecule has 2 rings (SSSR count). The van der Waals surface area contributed by atoms with Gasteiger partial charge < -0.3 is 15.8 Å². The number of carbonyl (C=O) groups excluding carboxylic acids is 2. The van der Waals surface area contributed by atoms with Gasteiger partial charge in [0.2, 0.25) is 0 Å². The van der Waals surface area contributed by atoms with E-state index in [1.807, 2.05) is 32.9 Å². The summed E-state index contributed by atoms with van der Waals surface area (Å²) in [7, 11) is 0. The molecule has 25 heavy (non-hydrogen) atoms. The smallest absolute Gasteiger partial charge is 0.262 e. The molecular formula is C17H18Br2N2O3S. The molecule has 1 aromatic heterocycles. The van der Waals surface area contributed by atoms with E-state index in [2.05, 4.69) is 37.2 Å². The molecule has 0 spiro atoms. The van der Waals surface area contributed by atoms with E-state index >= 15 is 0 Å². The zero-order valence-electron chi connectivity index (χ0n) is 14.0. The van der Waals surface area contributed by atoms with Gasteiger partial charge in [-0.1, -0.05) is 22.9 Å². The Morgan fingerprint density at radius 2 is 1.96 bits per heavy atom. The molecule has 0 fully saturated rings. The van der Waals surface area contributed by atoms with E-state index in [0.29, 0.717) is 22.7 Å². The SMILES string of the molecule is CCc1c(C)sc(NC(=O)COc2c(C)cc(Br)cc2Br)c1C(N)=O. The molecule has 0 aliphatic carbocycles. The van der Waals surface area contributed by atoms with Crippen molar-refractivity contribution in [1.82, 2.24) is 0 Å². The third-order valence-corrected chi connectivity index (χ3v) is 5.71. The number of hydrogen-bond donors (Lipinski definition) is 2. The van der Waals surface area contributed by atoms with Crippen LogP contribution in [0.5, 0.6) is 5.75 Å². The molecule has 0 saturated heterocycles. The lowest BCUT2D eigenvalue weighted by Crippen LogP contribution is -2.22. The second-order valence-corrected chi connectivity index (χ2v) is 8.42. The van der Waals surface area contributed by atoms with E-state index in [1.54, 1.807) is 0 Å². The molecule has 0 bridgehead atoms. The van der Waals surface area contributed by atoms with Crippen LogP contribution in [0.4, 0.5) is 5.00 Å². The Morgan fingerprint density at radius 1 is 1.28 bits per heavy atom. The number of rotatable bonds is 6. The van der Waals surface area contributed by atoms with E-state index < -0.39 is 5.91 Å². The Morgan fingerprint density at radius 3 is 2.52 bits per heavy atom. The van der Waals surface area contributed by atoms with Gasteiger partial charge in [-0.3, -0.25) is 9.59 Å². The van der Waals surface area contributed by atoms with Crippen LogP contribution < -0.4 is 15.8 Å². The van der Waals surface area contributed by atoms with Gasteiger partial charge in [-0.2, -0.15) is 0 Å². The summed E-state index contributed by atoms with van der Waals surface area (Å²) in [5, 5.41) is 3.21. The van der Waals surface area contributed by atoms with Crippen molar-refractivity contribution in [3.8, 4) is 5.75 Å². The number of thiophene rings is 1. The van der Waals surface area contributed by atoms with Gasteiger partial charge in [0.25, 0.3) is 11.8 Å². The lowest BCUT2D eigenvalue weighted by Gasteiger charge is -2.12. The van der Waals surface area contributed by atoms with Crippen LogP contribution >= 0.6 is 43.2 Å². The number of amides is 2. The maximum absolute atomic E-state index is 12.3. The average Bonchev–Trinajstić information content (AvgIpc) is 2.81. The van der Waals surface area contributed by atoms with Gasteiger partial charge in [0.1, 0.15) is 10.8 Å². The van der Waals surface area contributed by atoms with Crippen LogP contribution in [0.2, 0.25) is 0 Å². The Bertz CT molecular complexity index is 811. The van der Waals surface area contributed by atoms with Gasteiger partial charge in [0.05, 0.1) is 10.0 Å². The number of carbonyl (C=O) groups is 2. The van der Waals surface area contributed by atoms with Gasteiger partial charge in [-0.05, 0) is 59.5 Å². The average molecular weight is 490 g/mol. The second-order valence-electron chi connectivity index (χ2n) is 5.43. The van der Waals surface area contributed by atoms with Crippen molar-refractivity contribution in [2.45, 2.75) is 27.2 Å². The van der Waals surface area contributed by atoms with E-state index in [1.165, 1.54) is 11.3 Å². The fourth-order valence-electron chi connectivity index (χ4n) is 2.53. The highest BCUT2D eigenvalue weighted by Crippen LogP contribution is 2.34. The first-order valence-corrected chi connectivity index (χ1v) is 9.95. The fraction of sp³-hybridized carbons (Fsp3) is 0.294. The lowest BCUT2D eigenvalue weighted by molar-refractivity contribution is -0.118. The van der Waals surface area contributed by atoms with Crippen molar-refractivity contribution in [1.29, 1.82) is 0 Å². The maximum atomic E-state index is 12.3.